The van der Waals surface area contributed by atoms with Crippen LogP contribution in [-0.4, -0.2) is 24.8 Å². The van der Waals surface area contributed by atoms with Gasteiger partial charge in [-0.2, -0.15) is 0 Å². The van der Waals surface area contributed by atoms with Gasteiger partial charge in [-0.25, -0.2) is 0 Å². The molecule has 1 heterocycles. The van der Waals surface area contributed by atoms with Crippen molar-refractivity contribution in [1.29, 1.82) is 0 Å². The minimum absolute atomic E-state index is 0.0181. The van der Waals surface area contributed by atoms with Crippen LogP contribution in [0, 0.1) is 0 Å². The van der Waals surface area contributed by atoms with E-state index in [4.69, 9.17) is 14.6 Å². The van der Waals surface area contributed by atoms with Crippen LogP contribution in [-0.2, 0) is 17.6 Å². The number of carboxylic acids is 1. The Bertz CT molecular complexity index is 412. The average Bonchev–Trinajstić information content (AvgIpc) is 2.29. The first-order valence-electron chi connectivity index (χ1n) is 5.25. The Morgan fingerprint density at radius 3 is 3.06 bits per heavy atom. The number of fused-ring (bicyclic) bond motifs is 1. The zero-order chi connectivity index (χ0) is 11.5. The Morgan fingerprint density at radius 2 is 2.38 bits per heavy atom. The lowest BCUT2D eigenvalue weighted by atomic mass is 9.97. The lowest BCUT2D eigenvalue weighted by molar-refractivity contribution is -0.136. The molecule has 0 saturated carbocycles. The highest BCUT2D eigenvalue weighted by atomic mass is 16.5. The first-order chi connectivity index (χ1) is 7.72. The molecule has 4 nitrogen and oxygen atoms in total. The summed E-state index contributed by atoms with van der Waals surface area (Å²) in [5.41, 5.74) is 1.72. The molecule has 0 unspecified atom stereocenters. The lowest BCUT2D eigenvalue weighted by Gasteiger charge is -2.21. The van der Waals surface area contributed by atoms with Crippen LogP contribution in [0.3, 0.4) is 0 Å². The molecule has 0 amide bonds. The lowest BCUT2D eigenvalue weighted by Crippen LogP contribution is -2.13. The highest BCUT2D eigenvalue weighted by Crippen LogP contribution is 2.34. The summed E-state index contributed by atoms with van der Waals surface area (Å²) in [5, 5.41) is 8.89. The van der Waals surface area contributed by atoms with Gasteiger partial charge >= 0.3 is 5.97 Å². The van der Waals surface area contributed by atoms with Gasteiger partial charge in [-0.1, -0.05) is 0 Å². The maximum Gasteiger partial charge on any atom is 0.307 e. The van der Waals surface area contributed by atoms with Crippen molar-refractivity contribution in [3.05, 3.63) is 23.3 Å². The van der Waals surface area contributed by atoms with E-state index in [2.05, 4.69) is 0 Å². The molecule has 1 aliphatic rings. The summed E-state index contributed by atoms with van der Waals surface area (Å²) in [7, 11) is 1.55. The molecular weight excluding hydrogens is 208 g/mol. The van der Waals surface area contributed by atoms with Crippen molar-refractivity contribution in [2.75, 3.05) is 13.7 Å². The Hall–Kier alpha value is -1.71. The van der Waals surface area contributed by atoms with Crippen LogP contribution >= 0.6 is 0 Å². The summed E-state index contributed by atoms with van der Waals surface area (Å²) in [5.74, 6) is 0.576. The van der Waals surface area contributed by atoms with Gasteiger partial charge in [0, 0.05) is 11.1 Å². The Kier molecular flexibility index (Phi) is 2.99. The summed E-state index contributed by atoms with van der Waals surface area (Å²) in [4.78, 5) is 10.8. The van der Waals surface area contributed by atoms with E-state index in [1.807, 2.05) is 6.07 Å². The van der Waals surface area contributed by atoms with Crippen LogP contribution in [0.4, 0.5) is 0 Å². The first kappa shape index (κ1) is 10.8. The number of carbonyl (C=O) groups is 1. The summed E-state index contributed by atoms with van der Waals surface area (Å²) in [6.45, 7) is 0.700. The van der Waals surface area contributed by atoms with Crippen LogP contribution in [0.25, 0.3) is 0 Å². The van der Waals surface area contributed by atoms with Crippen LogP contribution in [0.15, 0.2) is 12.1 Å². The molecule has 16 heavy (non-hydrogen) atoms. The van der Waals surface area contributed by atoms with Gasteiger partial charge in [0.2, 0.25) is 0 Å². The molecule has 1 N–H and O–H groups in total. The van der Waals surface area contributed by atoms with Gasteiger partial charge in [-0.15, -0.1) is 0 Å². The first-order valence-corrected chi connectivity index (χ1v) is 5.25. The predicted octanol–water partition coefficient (Wildman–Crippen LogP) is 1.65. The van der Waals surface area contributed by atoms with E-state index in [9.17, 15) is 4.79 Å². The maximum atomic E-state index is 10.8. The molecule has 0 spiro atoms. The third kappa shape index (κ3) is 1.96. The van der Waals surface area contributed by atoms with Gasteiger partial charge in [-0.05, 0) is 25.0 Å². The molecule has 86 valence electrons. The van der Waals surface area contributed by atoms with Gasteiger partial charge in [0.15, 0.2) is 0 Å². The van der Waals surface area contributed by atoms with E-state index >= 15 is 0 Å². The number of methoxy groups -OCH3 is 1. The molecule has 0 fully saturated rings. The molecule has 0 bridgehead atoms. The number of hydrogen-bond donors (Lipinski definition) is 1. The second-order valence-electron chi connectivity index (χ2n) is 3.75. The molecule has 0 aliphatic carbocycles. The number of benzene rings is 1. The third-order valence-electron chi connectivity index (χ3n) is 2.72. The number of hydrogen-bond acceptors (Lipinski definition) is 3. The fourth-order valence-corrected chi connectivity index (χ4v) is 2.03. The smallest absolute Gasteiger partial charge is 0.307 e. The van der Waals surface area contributed by atoms with E-state index in [0.29, 0.717) is 12.4 Å². The SMILES string of the molecule is COc1ccc2c(c1CC(=O)O)CCCO2. The molecular formula is C12H14O4. The summed E-state index contributed by atoms with van der Waals surface area (Å²) in [6, 6.07) is 3.61. The second-order valence-corrected chi connectivity index (χ2v) is 3.75. The Balaban J connectivity index is 2.47. The average molecular weight is 222 g/mol. The predicted molar refractivity (Wildman–Crippen MR) is 58.1 cm³/mol. The molecule has 0 radical (unpaired) electrons. The van der Waals surface area contributed by atoms with Gasteiger partial charge in [0.25, 0.3) is 0 Å². The van der Waals surface area contributed by atoms with Crippen LogP contribution in [0.1, 0.15) is 17.5 Å². The van der Waals surface area contributed by atoms with Crippen molar-refractivity contribution in [1.82, 2.24) is 0 Å². The Morgan fingerprint density at radius 1 is 1.56 bits per heavy atom. The topological polar surface area (TPSA) is 55.8 Å². The largest absolute Gasteiger partial charge is 0.496 e. The number of aliphatic carboxylic acids is 1. The van der Waals surface area contributed by atoms with Crippen molar-refractivity contribution in [2.24, 2.45) is 0 Å². The van der Waals surface area contributed by atoms with Crippen LogP contribution < -0.4 is 9.47 Å². The Labute approximate surface area is 93.8 Å². The van der Waals surface area contributed by atoms with Crippen LogP contribution in [0.5, 0.6) is 11.5 Å². The summed E-state index contributed by atoms with van der Waals surface area (Å²) in [6.07, 6.45) is 1.76. The molecule has 0 aromatic heterocycles. The highest BCUT2D eigenvalue weighted by molar-refractivity contribution is 5.73. The van der Waals surface area contributed by atoms with Crippen molar-refractivity contribution >= 4 is 5.97 Å². The molecule has 4 heteroatoms. The number of carboxylic acid groups (broad SMARTS) is 1. The van der Waals surface area contributed by atoms with E-state index in [0.717, 1.165) is 29.7 Å². The molecule has 1 aromatic carbocycles. The molecule has 1 aliphatic heterocycles. The van der Waals surface area contributed by atoms with E-state index in [-0.39, 0.29) is 6.42 Å². The quantitative estimate of drug-likeness (QED) is 0.844. The zero-order valence-electron chi connectivity index (χ0n) is 9.16. The minimum atomic E-state index is -0.850. The normalized spacial score (nSPS) is 13.8. The van der Waals surface area contributed by atoms with Crippen molar-refractivity contribution in [2.45, 2.75) is 19.3 Å². The molecule has 2 rings (SSSR count). The van der Waals surface area contributed by atoms with Crippen molar-refractivity contribution in [3.8, 4) is 11.5 Å². The summed E-state index contributed by atoms with van der Waals surface area (Å²) < 4.78 is 10.7. The number of ether oxygens (including phenoxy) is 2. The summed E-state index contributed by atoms with van der Waals surface area (Å²) >= 11 is 0. The highest BCUT2D eigenvalue weighted by Gasteiger charge is 2.19. The monoisotopic (exact) mass is 222 g/mol. The van der Waals surface area contributed by atoms with E-state index < -0.39 is 5.97 Å². The standard InChI is InChI=1S/C12H14O4/c1-15-10-4-5-11-8(3-2-6-16-11)9(10)7-12(13)14/h4-5H,2-3,6-7H2,1H3,(H,13,14). The van der Waals surface area contributed by atoms with Crippen LogP contribution in [0.2, 0.25) is 0 Å². The molecule has 0 saturated heterocycles. The van der Waals surface area contributed by atoms with Crippen molar-refractivity contribution < 1.29 is 19.4 Å². The maximum absolute atomic E-state index is 10.8. The molecule has 1 aromatic rings. The van der Waals surface area contributed by atoms with Gasteiger partial charge in [-0.3, -0.25) is 4.79 Å². The van der Waals surface area contributed by atoms with E-state index in [1.54, 1.807) is 13.2 Å². The third-order valence-corrected chi connectivity index (χ3v) is 2.72. The minimum Gasteiger partial charge on any atom is -0.496 e. The fourth-order valence-electron chi connectivity index (χ4n) is 2.03. The number of rotatable bonds is 3. The van der Waals surface area contributed by atoms with Crippen molar-refractivity contribution in [3.63, 3.8) is 0 Å². The fraction of sp³-hybridized carbons (Fsp3) is 0.417. The van der Waals surface area contributed by atoms with Gasteiger partial charge in [0.1, 0.15) is 11.5 Å². The zero-order valence-corrected chi connectivity index (χ0v) is 9.16. The van der Waals surface area contributed by atoms with Gasteiger partial charge in [0.05, 0.1) is 20.1 Å². The van der Waals surface area contributed by atoms with Gasteiger partial charge < -0.3 is 14.6 Å². The second kappa shape index (κ2) is 4.43. The molecule has 0 atom stereocenters. The van der Waals surface area contributed by atoms with E-state index in [1.165, 1.54) is 0 Å².